The Morgan fingerprint density at radius 3 is 0.830 bits per heavy atom. The Morgan fingerprint density at radius 2 is 0.660 bits per heavy atom. The molecule has 0 amide bonds. The average molecular weight is 762 g/mol. The minimum atomic E-state index is -4.59. The van der Waals surface area contributed by atoms with Gasteiger partial charge in [-0.3, -0.25) is 28.0 Å². The van der Waals surface area contributed by atoms with E-state index < -0.39 is 60.1 Å². The minimum absolute atomic E-state index is 0.153. The number of ketones is 3. The first-order chi connectivity index (χ1) is 23.7. The summed E-state index contributed by atoms with van der Waals surface area (Å²) in [6.45, 7) is 31.8. The van der Waals surface area contributed by atoms with Crippen molar-refractivity contribution in [3.8, 4) is 0 Å². The van der Waals surface area contributed by atoms with Gasteiger partial charge in [0.1, 0.15) is 19.8 Å². The van der Waals surface area contributed by atoms with Gasteiger partial charge in [0.25, 0.3) is 0 Å². The fraction of sp³-hybridized carbons (Fsp3) is 0.692. The Hall–Kier alpha value is -3.25. The van der Waals surface area contributed by atoms with Crippen LogP contribution in [-0.4, -0.2) is 32.8 Å². The van der Waals surface area contributed by atoms with Crippen LogP contribution >= 0.6 is 7.82 Å². The molecule has 0 aliphatic heterocycles. The first kappa shape index (κ1) is 44.1. The molecule has 3 heterocycles. The van der Waals surface area contributed by atoms with E-state index in [1.807, 2.05) is 62.3 Å². The monoisotopic (exact) mass is 761 g/mol. The maximum atomic E-state index is 14.7. The Labute approximate surface area is 314 Å². The van der Waals surface area contributed by atoms with Gasteiger partial charge in [-0.05, 0) is 16.2 Å². The molecule has 3 aromatic heterocycles. The van der Waals surface area contributed by atoms with Crippen LogP contribution in [0.1, 0.15) is 190 Å². The average Bonchev–Trinajstić information content (AvgIpc) is 3.71. The standard InChI is InChI=1S/C39H60N3O10P/c1-34(2,3)25-22(50-40-28(25)31(43)37(10,11)12)19-47-53(46,48-20-23-26(35(4,5)6)29(41-51-23)32(44)38(13,14)15)49-21-24-27(36(7,8)9)30(42-52-24)33(45)39(16,17)18/h19-21H2,1-18H3. The fourth-order valence-corrected chi connectivity index (χ4v) is 6.69. The summed E-state index contributed by atoms with van der Waals surface area (Å²) in [6, 6.07) is 0. The number of phosphoric ester groups is 1. The number of carbonyl (C=O) groups excluding carboxylic acids is 3. The second-order valence-electron chi connectivity index (χ2n) is 19.7. The molecular weight excluding hydrogens is 701 g/mol. The van der Waals surface area contributed by atoms with Gasteiger partial charge in [-0.1, -0.05) is 140 Å². The molecule has 0 saturated carbocycles. The third-order valence-electron chi connectivity index (χ3n) is 8.29. The van der Waals surface area contributed by atoms with E-state index in [1.165, 1.54) is 0 Å². The molecule has 13 nitrogen and oxygen atoms in total. The van der Waals surface area contributed by atoms with Crippen LogP contribution in [0, 0.1) is 16.2 Å². The minimum Gasteiger partial charge on any atom is -0.358 e. The van der Waals surface area contributed by atoms with E-state index in [2.05, 4.69) is 15.5 Å². The maximum Gasteiger partial charge on any atom is 0.476 e. The van der Waals surface area contributed by atoms with Crippen LogP contribution in [0.3, 0.4) is 0 Å². The first-order valence-electron chi connectivity index (χ1n) is 17.9. The van der Waals surface area contributed by atoms with Crippen LogP contribution in [0.25, 0.3) is 0 Å². The second-order valence-corrected chi connectivity index (χ2v) is 21.4. The number of nitrogens with zero attached hydrogens (tertiary/aromatic N) is 3. The van der Waals surface area contributed by atoms with E-state index in [0.717, 1.165) is 0 Å². The summed E-state index contributed by atoms with van der Waals surface area (Å²) in [7, 11) is -4.59. The summed E-state index contributed by atoms with van der Waals surface area (Å²) in [4.78, 5) is 40.1. The molecule has 0 aromatic carbocycles. The lowest BCUT2D eigenvalue weighted by atomic mass is 9.80. The molecule has 0 atom stereocenters. The van der Waals surface area contributed by atoms with Crippen molar-refractivity contribution in [1.82, 2.24) is 15.5 Å². The van der Waals surface area contributed by atoms with Gasteiger partial charge in [0.2, 0.25) is 0 Å². The van der Waals surface area contributed by atoms with Gasteiger partial charge in [-0.25, -0.2) is 4.57 Å². The molecule has 0 aliphatic rings. The quantitative estimate of drug-likeness (QED) is 0.126. The Kier molecular flexibility index (Phi) is 12.3. The Morgan fingerprint density at radius 1 is 0.453 bits per heavy atom. The normalized spacial score (nSPS) is 13.8. The summed E-state index contributed by atoms with van der Waals surface area (Å²) >= 11 is 0. The molecule has 3 aromatic rings. The summed E-state index contributed by atoms with van der Waals surface area (Å²) in [5.74, 6) is -0.186. The van der Waals surface area contributed by atoms with Crippen molar-refractivity contribution in [2.24, 2.45) is 16.2 Å². The van der Waals surface area contributed by atoms with Gasteiger partial charge in [0, 0.05) is 32.9 Å². The summed E-state index contributed by atoms with van der Waals surface area (Å²) in [6.07, 6.45) is 0. The van der Waals surface area contributed by atoms with E-state index in [-0.39, 0.29) is 51.7 Å². The summed E-state index contributed by atoms with van der Waals surface area (Å²) < 4.78 is 49.5. The van der Waals surface area contributed by atoms with Gasteiger partial charge in [-0.15, -0.1) is 0 Å². The van der Waals surface area contributed by atoms with Crippen LogP contribution in [0.5, 0.6) is 0 Å². The molecule has 53 heavy (non-hydrogen) atoms. The SMILES string of the molecule is CC(C)(C)C(=O)c1noc(COP(=O)(OCc2onc(C(=O)C(C)(C)C)c2C(C)(C)C)OCc2onc(C(=O)C(C)(C)C)c2C(C)(C)C)c1C(C)(C)C. The molecule has 0 fully saturated rings. The van der Waals surface area contributed by atoms with Crippen LogP contribution in [0.15, 0.2) is 13.6 Å². The smallest absolute Gasteiger partial charge is 0.358 e. The van der Waals surface area contributed by atoms with Crippen molar-refractivity contribution in [1.29, 1.82) is 0 Å². The van der Waals surface area contributed by atoms with Gasteiger partial charge in [-0.2, -0.15) is 0 Å². The lowest BCUT2D eigenvalue weighted by Gasteiger charge is -2.24. The molecule has 0 spiro atoms. The zero-order valence-corrected chi connectivity index (χ0v) is 35.9. The number of phosphoric acid groups is 1. The molecule has 0 radical (unpaired) electrons. The van der Waals surface area contributed by atoms with E-state index in [4.69, 9.17) is 27.1 Å². The zero-order valence-electron chi connectivity index (χ0n) is 35.0. The Balaban J connectivity index is 2.10. The number of hydrogen-bond acceptors (Lipinski definition) is 13. The lowest BCUT2D eigenvalue weighted by molar-refractivity contribution is 0.0769. The van der Waals surface area contributed by atoms with Crippen LogP contribution in [0.2, 0.25) is 0 Å². The molecule has 0 N–H and O–H groups in total. The predicted octanol–water partition coefficient (Wildman–Crippen LogP) is 10.3. The van der Waals surface area contributed by atoms with Crippen LogP contribution in [-0.2, 0) is 54.2 Å². The number of carbonyl (C=O) groups is 3. The summed E-state index contributed by atoms with van der Waals surface area (Å²) in [5.41, 5.74) is -2.15. The molecule has 0 aliphatic carbocycles. The molecule has 0 saturated heterocycles. The highest BCUT2D eigenvalue weighted by molar-refractivity contribution is 7.48. The Bertz CT molecular complexity index is 1660. The van der Waals surface area contributed by atoms with E-state index in [9.17, 15) is 18.9 Å². The fourth-order valence-electron chi connectivity index (χ4n) is 5.64. The molecule has 14 heteroatoms. The van der Waals surface area contributed by atoms with Crippen molar-refractivity contribution >= 4 is 25.2 Å². The molecular formula is C39H60N3O10P. The number of rotatable bonds is 12. The highest BCUT2D eigenvalue weighted by atomic mass is 31.2. The van der Waals surface area contributed by atoms with Gasteiger partial charge in [0.05, 0.1) is 0 Å². The van der Waals surface area contributed by atoms with Crippen molar-refractivity contribution in [3.05, 3.63) is 51.1 Å². The van der Waals surface area contributed by atoms with Crippen LogP contribution < -0.4 is 0 Å². The first-order valence-corrected chi connectivity index (χ1v) is 19.3. The van der Waals surface area contributed by atoms with Crippen LogP contribution in [0.4, 0.5) is 0 Å². The molecule has 0 unspecified atom stereocenters. The molecule has 3 rings (SSSR count). The zero-order chi connectivity index (χ0) is 40.9. The van der Waals surface area contributed by atoms with Gasteiger partial charge < -0.3 is 13.6 Å². The van der Waals surface area contributed by atoms with Gasteiger partial charge in [0.15, 0.2) is 51.7 Å². The number of Topliss-reactive ketones (excluding diaryl/α,β-unsaturated/α-hetero) is 3. The molecule has 0 bridgehead atoms. The molecule has 296 valence electrons. The summed E-state index contributed by atoms with van der Waals surface area (Å²) in [5, 5.41) is 12.3. The van der Waals surface area contributed by atoms with Gasteiger partial charge >= 0.3 is 7.82 Å². The van der Waals surface area contributed by atoms with E-state index in [1.54, 1.807) is 62.3 Å². The van der Waals surface area contributed by atoms with Crippen molar-refractivity contribution in [2.75, 3.05) is 0 Å². The van der Waals surface area contributed by atoms with Crippen molar-refractivity contribution in [3.63, 3.8) is 0 Å². The number of aromatic nitrogens is 3. The highest BCUT2D eigenvalue weighted by Gasteiger charge is 2.41. The van der Waals surface area contributed by atoms with E-state index >= 15 is 0 Å². The third kappa shape index (κ3) is 10.3. The van der Waals surface area contributed by atoms with Crippen molar-refractivity contribution < 1.29 is 46.1 Å². The topological polar surface area (TPSA) is 174 Å². The third-order valence-corrected chi connectivity index (χ3v) is 9.62. The highest BCUT2D eigenvalue weighted by Crippen LogP contribution is 2.53. The number of hydrogen-bond donors (Lipinski definition) is 0. The largest absolute Gasteiger partial charge is 0.476 e. The predicted molar refractivity (Wildman–Crippen MR) is 199 cm³/mol. The maximum absolute atomic E-state index is 14.7. The van der Waals surface area contributed by atoms with Crippen molar-refractivity contribution in [2.45, 2.75) is 161 Å². The second kappa shape index (κ2) is 14.8. The lowest BCUT2D eigenvalue weighted by Crippen LogP contribution is -2.25. The van der Waals surface area contributed by atoms with E-state index in [0.29, 0.717) is 16.7 Å².